The molecular formula is C26H21Cl2N3O3. The first-order chi connectivity index (χ1) is 16.2. The van der Waals surface area contributed by atoms with Crippen molar-refractivity contribution in [2.24, 2.45) is 0 Å². The van der Waals surface area contributed by atoms with Crippen molar-refractivity contribution < 1.29 is 14.4 Å². The number of benzene rings is 3. The Morgan fingerprint density at radius 1 is 0.853 bits per heavy atom. The lowest BCUT2D eigenvalue weighted by atomic mass is 10.0. The van der Waals surface area contributed by atoms with E-state index >= 15 is 0 Å². The van der Waals surface area contributed by atoms with Gasteiger partial charge in [0, 0.05) is 22.0 Å². The normalized spacial score (nSPS) is 13.6. The van der Waals surface area contributed by atoms with Gasteiger partial charge in [-0.05, 0) is 66.1 Å². The molecule has 0 atom stereocenters. The average molecular weight is 494 g/mol. The summed E-state index contributed by atoms with van der Waals surface area (Å²) in [7, 11) is 0. The van der Waals surface area contributed by atoms with Gasteiger partial charge in [0.25, 0.3) is 17.7 Å². The number of carbonyl (C=O) groups excluding carboxylic acids is 3. The second-order valence-corrected chi connectivity index (χ2v) is 8.86. The van der Waals surface area contributed by atoms with E-state index in [4.69, 9.17) is 23.2 Å². The van der Waals surface area contributed by atoms with Crippen molar-refractivity contribution in [3.05, 3.63) is 99.7 Å². The molecule has 172 valence electrons. The minimum atomic E-state index is -0.608. The number of hydrogen-bond donors (Lipinski definition) is 2. The molecule has 0 radical (unpaired) electrons. The van der Waals surface area contributed by atoms with Crippen LogP contribution < -0.4 is 15.5 Å². The molecule has 0 saturated carbocycles. The van der Waals surface area contributed by atoms with Gasteiger partial charge in [-0.3, -0.25) is 14.4 Å². The topological polar surface area (TPSA) is 78.5 Å². The first-order valence-electron chi connectivity index (χ1n) is 10.6. The summed E-state index contributed by atoms with van der Waals surface area (Å²) in [5.74, 6) is -1.19. The van der Waals surface area contributed by atoms with Crippen LogP contribution in [0.5, 0.6) is 0 Å². The molecule has 0 bridgehead atoms. The molecule has 0 spiro atoms. The summed E-state index contributed by atoms with van der Waals surface area (Å²) in [6.07, 6.45) is 0. The molecule has 1 aliphatic rings. The highest BCUT2D eigenvalue weighted by Crippen LogP contribution is 2.31. The Balaban J connectivity index is 1.52. The predicted molar refractivity (Wildman–Crippen MR) is 135 cm³/mol. The van der Waals surface area contributed by atoms with Gasteiger partial charge in [0.15, 0.2) is 0 Å². The molecule has 3 aromatic carbocycles. The molecule has 0 aromatic heterocycles. The molecule has 1 heterocycles. The summed E-state index contributed by atoms with van der Waals surface area (Å²) in [5, 5.41) is 6.03. The molecule has 0 unspecified atom stereocenters. The minimum absolute atomic E-state index is 0.0464. The standard InChI is InChI=1S/C26H21Cl2N3O3/c1-15(2)16-6-12-21(13-7-16)31-25(33)22(28)23(26(31)34)29-20-5-3-4-17(14-20)24(32)30-19-10-8-18(27)9-11-19/h3-15,29H,1-2H3,(H,30,32). The molecule has 6 nitrogen and oxygen atoms in total. The molecule has 2 N–H and O–H groups in total. The zero-order valence-corrected chi connectivity index (χ0v) is 19.9. The Morgan fingerprint density at radius 2 is 1.53 bits per heavy atom. The molecule has 4 rings (SSSR count). The number of halogens is 2. The number of nitrogens with zero attached hydrogens (tertiary/aromatic N) is 1. The molecule has 1 aliphatic heterocycles. The van der Waals surface area contributed by atoms with Gasteiger partial charge in [-0.2, -0.15) is 0 Å². The fourth-order valence-electron chi connectivity index (χ4n) is 3.47. The maximum Gasteiger partial charge on any atom is 0.283 e. The van der Waals surface area contributed by atoms with Crippen molar-refractivity contribution in [2.45, 2.75) is 19.8 Å². The van der Waals surface area contributed by atoms with Crippen LogP contribution in [0.1, 0.15) is 35.7 Å². The van der Waals surface area contributed by atoms with E-state index in [1.807, 2.05) is 12.1 Å². The van der Waals surface area contributed by atoms with Crippen LogP contribution in [0.15, 0.2) is 83.5 Å². The van der Waals surface area contributed by atoms with Gasteiger partial charge in [-0.15, -0.1) is 0 Å². The molecule has 8 heteroatoms. The van der Waals surface area contributed by atoms with Crippen molar-refractivity contribution in [1.29, 1.82) is 0 Å². The summed E-state index contributed by atoms with van der Waals surface area (Å²) < 4.78 is 0. The summed E-state index contributed by atoms with van der Waals surface area (Å²) in [6, 6.07) is 20.5. The fourth-order valence-corrected chi connectivity index (χ4v) is 3.81. The smallest absolute Gasteiger partial charge is 0.283 e. The van der Waals surface area contributed by atoms with E-state index in [9.17, 15) is 14.4 Å². The number of hydrogen-bond acceptors (Lipinski definition) is 4. The Morgan fingerprint density at radius 3 is 2.18 bits per heavy atom. The molecular weight excluding hydrogens is 473 g/mol. The molecule has 0 aliphatic carbocycles. The number of nitrogens with one attached hydrogen (secondary N) is 2. The molecule has 34 heavy (non-hydrogen) atoms. The van der Waals surface area contributed by atoms with Crippen LogP contribution in [0.4, 0.5) is 17.1 Å². The van der Waals surface area contributed by atoms with Crippen LogP contribution >= 0.6 is 23.2 Å². The molecule has 3 amide bonds. The molecule has 0 fully saturated rings. The Labute approximate surface area is 207 Å². The highest BCUT2D eigenvalue weighted by atomic mass is 35.5. The number of carbonyl (C=O) groups is 3. The second kappa shape index (κ2) is 9.71. The summed E-state index contributed by atoms with van der Waals surface area (Å²) >= 11 is 12.1. The zero-order valence-electron chi connectivity index (χ0n) is 18.4. The Bertz CT molecular complexity index is 1300. The van der Waals surface area contributed by atoms with E-state index in [1.54, 1.807) is 60.7 Å². The third-order valence-corrected chi connectivity index (χ3v) is 5.94. The van der Waals surface area contributed by atoms with Crippen molar-refractivity contribution in [3.8, 4) is 0 Å². The maximum absolute atomic E-state index is 13.0. The number of rotatable bonds is 6. The Kier molecular flexibility index (Phi) is 6.72. The lowest BCUT2D eigenvalue weighted by molar-refractivity contribution is -0.120. The van der Waals surface area contributed by atoms with Gasteiger partial charge in [0.2, 0.25) is 0 Å². The highest BCUT2D eigenvalue weighted by molar-refractivity contribution is 6.53. The average Bonchev–Trinajstić information content (AvgIpc) is 3.04. The summed E-state index contributed by atoms with van der Waals surface area (Å²) in [4.78, 5) is 39.5. The quantitative estimate of drug-likeness (QED) is 0.403. The largest absolute Gasteiger partial charge is 0.350 e. The monoisotopic (exact) mass is 493 g/mol. The van der Waals surface area contributed by atoms with E-state index < -0.39 is 11.8 Å². The van der Waals surface area contributed by atoms with Crippen molar-refractivity contribution >= 4 is 58.0 Å². The number of anilines is 3. The first kappa shape index (κ1) is 23.5. The van der Waals surface area contributed by atoms with E-state index in [-0.39, 0.29) is 16.6 Å². The van der Waals surface area contributed by atoms with Crippen molar-refractivity contribution in [3.63, 3.8) is 0 Å². The minimum Gasteiger partial charge on any atom is -0.350 e. The van der Waals surface area contributed by atoms with E-state index in [0.717, 1.165) is 10.5 Å². The third kappa shape index (κ3) is 4.83. The van der Waals surface area contributed by atoms with E-state index in [2.05, 4.69) is 24.5 Å². The van der Waals surface area contributed by atoms with Crippen molar-refractivity contribution in [2.75, 3.05) is 15.5 Å². The van der Waals surface area contributed by atoms with Crippen LogP contribution in [0.2, 0.25) is 5.02 Å². The first-order valence-corrected chi connectivity index (χ1v) is 11.3. The number of imide groups is 1. The summed E-state index contributed by atoms with van der Waals surface area (Å²) in [5.41, 5.74) is 2.87. The fraction of sp³-hybridized carbons (Fsp3) is 0.115. The van der Waals surface area contributed by atoms with E-state index in [0.29, 0.717) is 33.6 Å². The van der Waals surface area contributed by atoms with E-state index in [1.165, 1.54) is 0 Å². The zero-order chi connectivity index (χ0) is 24.4. The van der Waals surface area contributed by atoms with Crippen LogP contribution in [-0.4, -0.2) is 17.7 Å². The highest BCUT2D eigenvalue weighted by Gasteiger charge is 2.39. The van der Waals surface area contributed by atoms with Crippen molar-refractivity contribution in [1.82, 2.24) is 0 Å². The third-order valence-electron chi connectivity index (χ3n) is 5.34. The SMILES string of the molecule is CC(C)c1ccc(N2C(=O)C(Cl)=C(Nc3cccc(C(=O)Nc4ccc(Cl)cc4)c3)C2=O)cc1. The van der Waals surface area contributed by atoms with Crippen LogP contribution in [0.3, 0.4) is 0 Å². The second-order valence-electron chi connectivity index (χ2n) is 8.05. The number of amides is 3. The van der Waals surface area contributed by atoms with Crippen LogP contribution in [-0.2, 0) is 9.59 Å². The van der Waals surface area contributed by atoms with Gasteiger partial charge in [-0.1, -0.05) is 55.2 Å². The van der Waals surface area contributed by atoms with Gasteiger partial charge in [0.1, 0.15) is 10.7 Å². The lowest BCUT2D eigenvalue weighted by Crippen LogP contribution is -2.32. The van der Waals surface area contributed by atoms with Gasteiger partial charge >= 0.3 is 0 Å². The van der Waals surface area contributed by atoms with Crippen LogP contribution in [0.25, 0.3) is 0 Å². The van der Waals surface area contributed by atoms with Crippen LogP contribution in [0, 0.1) is 0 Å². The lowest BCUT2D eigenvalue weighted by Gasteiger charge is -2.16. The maximum atomic E-state index is 13.0. The van der Waals surface area contributed by atoms with Gasteiger partial charge in [-0.25, -0.2) is 4.90 Å². The summed E-state index contributed by atoms with van der Waals surface area (Å²) in [6.45, 7) is 4.12. The Hall–Kier alpha value is -3.61. The predicted octanol–water partition coefficient (Wildman–Crippen LogP) is 6.15. The molecule has 0 saturated heterocycles. The van der Waals surface area contributed by atoms with Gasteiger partial charge in [0.05, 0.1) is 5.69 Å². The molecule has 3 aromatic rings. The van der Waals surface area contributed by atoms with Gasteiger partial charge < -0.3 is 10.6 Å².